The summed E-state index contributed by atoms with van der Waals surface area (Å²) in [6.45, 7) is 2.10. The van der Waals surface area contributed by atoms with Gasteiger partial charge in [0.15, 0.2) is 0 Å². The first kappa shape index (κ1) is 11.4. The van der Waals surface area contributed by atoms with Gasteiger partial charge in [-0.15, -0.1) is 0 Å². The van der Waals surface area contributed by atoms with Crippen LogP contribution < -0.4 is 5.32 Å². The van der Waals surface area contributed by atoms with E-state index in [1.807, 2.05) is 18.2 Å². The average Bonchev–Trinajstić information content (AvgIpc) is 2.99. The Bertz CT molecular complexity index is 533. The maximum atomic E-state index is 9.82. The minimum Gasteiger partial charge on any atom is -0.508 e. The molecule has 1 aromatic heterocycles. The summed E-state index contributed by atoms with van der Waals surface area (Å²) in [5, 5.41) is 13.4. The number of rotatable bonds is 3. The van der Waals surface area contributed by atoms with Gasteiger partial charge in [0, 0.05) is 6.04 Å². The quantitative estimate of drug-likeness (QED) is 0.869. The van der Waals surface area contributed by atoms with E-state index in [1.165, 1.54) is 5.56 Å². The molecule has 0 spiro atoms. The molecular formula is C15H17NO2. The van der Waals surface area contributed by atoms with Crippen LogP contribution in [0.25, 0.3) is 0 Å². The van der Waals surface area contributed by atoms with Crippen LogP contribution in [-0.2, 0) is 6.42 Å². The fraction of sp³-hybridized carbons (Fsp3) is 0.333. The lowest BCUT2D eigenvalue weighted by atomic mass is 10.1. The largest absolute Gasteiger partial charge is 0.508 e. The first-order chi connectivity index (χ1) is 8.75. The van der Waals surface area contributed by atoms with E-state index in [9.17, 15) is 5.11 Å². The van der Waals surface area contributed by atoms with Gasteiger partial charge >= 0.3 is 0 Å². The predicted molar refractivity (Wildman–Crippen MR) is 69.4 cm³/mol. The van der Waals surface area contributed by atoms with E-state index in [4.69, 9.17) is 4.42 Å². The summed E-state index contributed by atoms with van der Waals surface area (Å²) in [5.74, 6) is 1.37. The Hall–Kier alpha value is -1.74. The summed E-state index contributed by atoms with van der Waals surface area (Å²) >= 11 is 0. The number of aromatic hydroxyl groups is 1. The van der Waals surface area contributed by atoms with Crippen molar-refractivity contribution in [3.05, 3.63) is 53.5 Å². The molecule has 0 aliphatic heterocycles. The molecule has 0 radical (unpaired) electrons. The highest BCUT2D eigenvalue weighted by molar-refractivity contribution is 5.44. The van der Waals surface area contributed by atoms with Gasteiger partial charge in [-0.1, -0.05) is 12.1 Å². The molecule has 1 aromatic carbocycles. The van der Waals surface area contributed by atoms with Gasteiger partial charge in [0.2, 0.25) is 0 Å². The average molecular weight is 243 g/mol. The predicted octanol–water partition coefficient (Wildman–Crippen LogP) is 3.32. The normalized spacial score (nSPS) is 19.7. The maximum absolute atomic E-state index is 9.82. The number of benzene rings is 1. The van der Waals surface area contributed by atoms with Crippen molar-refractivity contribution < 1.29 is 9.52 Å². The van der Waals surface area contributed by atoms with Gasteiger partial charge in [0.05, 0.1) is 12.3 Å². The van der Waals surface area contributed by atoms with Crippen LogP contribution in [0.1, 0.15) is 42.3 Å². The minimum absolute atomic E-state index is 0.179. The SMILES string of the molecule is C[C@H](NC1CCc2c(O)cccc21)c1ccco1. The molecule has 1 aliphatic rings. The zero-order chi connectivity index (χ0) is 12.5. The molecule has 0 saturated carbocycles. The van der Waals surface area contributed by atoms with E-state index in [1.54, 1.807) is 12.3 Å². The van der Waals surface area contributed by atoms with E-state index in [-0.39, 0.29) is 6.04 Å². The van der Waals surface area contributed by atoms with E-state index in [2.05, 4.69) is 18.3 Å². The van der Waals surface area contributed by atoms with Gasteiger partial charge in [-0.2, -0.15) is 0 Å². The summed E-state index contributed by atoms with van der Waals surface area (Å²) in [7, 11) is 0. The summed E-state index contributed by atoms with van der Waals surface area (Å²) in [6, 6.07) is 10.1. The lowest BCUT2D eigenvalue weighted by Gasteiger charge is -2.18. The molecule has 1 heterocycles. The number of fused-ring (bicyclic) bond motifs is 1. The molecule has 18 heavy (non-hydrogen) atoms. The summed E-state index contributed by atoms with van der Waals surface area (Å²) in [4.78, 5) is 0. The van der Waals surface area contributed by atoms with Crippen LogP contribution in [0.15, 0.2) is 41.0 Å². The van der Waals surface area contributed by atoms with Gasteiger partial charge in [-0.05, 0) is 49.1 Å². The maximum Gasteiger partial charge on any atom is 0.120 e. The summed E-state index contributed by atoms with van der Waals surface area (Å²) < 4.78 is 5.41. The number of nitrogens with one attached hydrogen (secondary N) is 1. The van der Waals surface area contributed by atoms with Crippen molar-refractivity contribution in [1.29, 1.82) is 0 Å². The second kappa shape index (κ2) is 4.50. The molecule has 1 unspecified atom stereocenters. The second-order valence-corrected chi connectivity index (χ2v) is 4.84. The minimum atomic E-state index is 0.179. The molecule has 0 amide bonds. The molecule has 0 saturated heterocycles. The molecule has 1 aliphatic carbocycles. The first-order valence-corrected chi connectivity index (χ1v) is 6.36. The van der Waals surface area contributed by atoms with Crippen molar-refractivity contribution in [3.63, 3.8) is 0 Å². The molecule has 2 N–H and O–H groups in total. The Morgan fingerprint density at radius 2 is 2.22 bits per heavy atom. The fourth-order valence-corrected chi connectivity index (χ4v) is 2.73. The number of phenolic OH excluding ortho intramolecular Hbond substituents is 1. The van der Waals surface area contributed by atoms with Gasteiger partial charge in [-0.25, -0.2) is 0 Å². The Labute approximate surface area is 106 Å². The standard InChI is InChI=1S/C15H17NO2/c1-10(15-6-3-9-18-15)16-13-8-7-12-11(13)4-2-5-14(12)17/h2-6,9-10,13,16-17H,7-8H2,1H3/t10-,13?/m0/s1. The highest BCUT2D eigenvalue weighted by atomic mass is 16.3. The zero-order valence-electron chi connectivity index (χ0n) is 10.4. The molecule has 3 nitrogen and oxygen atoms in total. The lowest BCUT2D eigenvalue weighted by molar-refractivity contribution is 0.391. The molecule has 94 valence electrons. The molecular weight excluding hydrogens is 226 g/mol. The molecule has 0 fully saturated rings. The first-order valence-electron chi connectivity index (χ1n) is 6.36. The number of furan rings is 1. The van der Waals surface area contributed by atoms with Crippen LogP contribution in [-0.4, -0.2) is 5.11 Å². The summed E-state index contributed by atoms with van der Waals surface area (Å²) in [5.41, 5.74) is 2.30. The van der Waals surface area contributed by atoms with Crippen molar-refractivity contribution in [3.8, 4) is 5.75 Å². The third-order valence-corrected chi connectivity index (χ3v) is 3.67. The second-order valence-electron chi connectivity index (χ2n) is 4.84. The number of phenols is 1. The van der Waals surface area contributed by atoms with E-state index in [0.29, 0.717) is 11.8 Å². The Kier molecular flexibility index (Phi) is 2.84. The van der Waals surface area contributed by atoms with Crippen molar-refractivity contribution in [1.82, 2.24) is 5.32 Å². The fourth-order valence-electron chi connectivity index (χ4n) is 2.73. The van der Waals surface area contributed by atoms with Crippen LogP contribution >= 0.6 is 0 Å². The molecule has 3 heteroatoms. The van der Waals surface area contributed by atoms with Gasteiger partial charge in [0.25, 0.3) is 0 Å². The highest BCUT2D eigenvalue weighted by Crippen LogP contribution is 2.37. The van der Waals surface area contributed by atoms with Gasteiger partial charge < -0.3 is 14.8 Å². The van der Waals surface area contributed by atoms with Crippen molar-refractivity contribution in [2.45, 2.75) is 31.8 Å². The van der Waals surface area contributed by atoms with Gasteiger partial charge in [-0.3, -0.25) is 0 Å². The monoisotopic (exact) mass is 243 g/mol. The van der Waals surface area contributed by atoms with Crippen LogP contribution in [0.4, 0.5) is 0 Å². The topological polar surface area (TPSA) is 45.4 Å². The zero-order valence-corrected chi connectivity index (χ0v) is 10.4. The molecule has 2 aromatic rings. The number of hydrogen-bond acceptors (Lipinski definition) is 3. The van der Waals surface area contributed by atoms with Crippen LogP contribution in [0.3, 0.4) is 0 Å². The van der Waals surface area contributed by atoms with Crippen LogP contribution in [0.5, 0.6) is 5.75 Å². The number of hydrogen-bond donors (Lipinski definition) is 2. The molecule has 0 bridgehead atoms. The summed E-state index contributed by atoms with van der Waals surface area (Å²) in [6.07, 6.45) is 3.66. The van der Waals surface area contributed by atoms with Crippen molar-refractivity contribution >= 4 is 0 Å². The van der Waals surface area contributed by atoms with Crippen LogP contribution in [0.2, 0.25) is 0 Å². The highest BCUT2D eigenvalue weighted by Gasteiger charge is 2.26. The Morgan fingerprint density at radius 3 is 3.00 bits per heavy atom. The van der Waals surface area contributed by atoms with Crippen LogP contribution in [0, 0.1) is 0 Å². The smallest absolute Gasteiger partial charge is 0.120 e. The molecule has 3 rings (SSSR count). The lowest BCUT2D eigenvalue weighted by Crippen LogP contribution is -2.22. The van der Waals surface area contributed by atoms with Crippen molar-refractivity contribution in [2.75, 3.05) is 0 Å². The van der Waals surface area contributed by atoms with E-state index >= 15 is 0 Å². The molecule has 2 atom stereocenters. The van der Waals surface area contributed by atoms with E-state index < -0.39 is 0 Å². The van der Waals surface area contributed by atoms with Gasteiger partial charge in [0.1, 0.15) is 11.5 Å². The third-order valence-electron chi connectivity index (χ3n) is 3.67. The Balaban J connectivity index is 1.79. The third kappa shape index (κ3) is 1.91. The van der Waals surface area contributed by atoms with E-state index in [0.717, 1.165) is 24.2 Å². The Morgan fingerprint density at radius 1 is 1.33 bits per heavy atom. The van der Waals surface area contributed by atoms with Crippen molar-refractivity contribution in [2.24, 2.45) is 0 Å².